The predicted octanol–water partition coefficient (Wildman–Crippen LogP) is 3.48. The van der Waals surface area contributed by atoms with E-state index < -0.39 is 0 Å². The molecule has 0 spiro atoms. The van der Waals surface area contributed by atoms with Crippen molar-refractivity contribution in [3.8, 4) is 0 Å². The summed E-state index contributed by atoms with van der Waals surface area (Å²) in [5.74, 6) is -0.560. The molecule has 3 aliphatic rings. The first-order valence-electron chi connectivity index (χ1n) is 11.2. The zero-order chi connectivity index (χ0) is 21.3. The number of piperidine rings is 2. The van der Waals surface area contributed by atoms with Crippen LogP contribution in [0.15, 0.2) is 18.2 Å². The summed E-state index contributed by atoms with van der Waals surface area (Å²) in [6.07, 6.45) is 5.84. The number of benzene rings is 1. The van der Waals surface area contributed by atoms with E-state index in [1.54, 1.807) is 19.1 Å². The Morgan fingerprint density at radius 3 is 2.57 bits per heavy atom. The van der Waals surface area contributed by atoms with E-state index >= 15 is 0 Å². The van der Waals surface area contributed by atoms with Gasteiger partial charge >= 0.3 is 6.09 Å². The minimum absolute atomic E-state index is 0.0661. The van der Waals surface area contributed by atoms with Crippen LogP contribution in [-0.2, 0) is 4.74 Å². The van der Waals surface area contributed by atoms with Gasteiger partial charge in [0, 0.05) is 36.3 Å². The van der Waals surface area contributed by atoms with Crippen LogP contribution in [0.1, 0.15) is 61.4 Å². The molecule has 3 atom stereocenters. The Morgan fingerprint density at radius 1 is 1.17 bits per heavy atom. The van der Waals surface area contributed by atoms with Gasteiger partial charge in [0.2, 0.25) is 0 Å². The number of carbonyl (C=O) groups is 2. The maximum Gasteiger partial charge on any atom is 0.410 e. The van der Waals surface area contributed by atoms with Gasteiger partial charge in [-0.05, 0) is 76.6 Å². The van der Waals surface area contributed by atoms with Gasteiger partial charge in [0.1, 0.15) is 5.82 Å². The number of aryl methyl sites for hydroxylation is 1. The highest BCUT2D eigenvalue weighted by molar-refractivity contribution is 5.94. The molecule has 2 amide bonds. The highest BCUT2D eigenvalue weighted by Gasteiger charge is 2.45. The third kappa shape index (κ3) is 4.31. The lowest BCUT2D eigenvalue weighted by Crippen LogP contribution is -2.56. The molecule has 3 fully saturated rings. The number of ether oxygens (including phenoxy) is 1. The summed E-state index contributed by atoms with van der Waals surface area (Å²) in [5, 5.41) is 3.10. The third-order valence-corrected chi connectivity index (χ3v) is 6.93. The van der Waals surface area contributed by atoms with Crippen molar-refractivity contribution in [1.82, 2.24) is 15.1 Å². The second kappa shape index (κ2) is 8.92. The number of rotatable bonds is 4. The number of likely N-dealkylation sites (tertiary alicyclic amines) is 1. The number of amides is 2. The summed E-state index contributed by atoms with van der Waals surface area (Å²) in [4.78, 5) is 29.4. The molecular formula is C23H32FN3O3. The lowest BCUT2D eigenvalue weighted by atomic mass is 9.93. The van der Waals surface area contributed by atoms with E-state index in [0.717, 1.165) is 51.6 Å². The SMILES string of the molecule is CCOC(=O)N1C2CCC1CC(N1CCC[C@@H](NC(=O)c3ccc(C)c(F)c3)C1)C2. The van der Waals surface area contributed by atoms with Gasteiger partial charge in [0.15, 0.2) is 0 Å². The van der Waals surface area contributed by atoms with E-state index in [0.29, 0.717) is 23.8 Å². The van der Waals surface area contributed by atoms with Gasteiger partial charge in [0.05, 0.1) is 6.61 Å². The Labute approximate surface area is 177 Å². The van der Waals surface area contributed by atoms with Crippen LogP contribution in [0.5, 0.6) is 0 Å². The van der Waals surface area contributed by atoms with E-state index in [-0.39, 0.29) is 35.9 Å². The van der Waals surface area contributed by atoms with Crippen molar-refractivity contribution in [1.29, 1.82) is 0 Å². The van der Waals surface area contributed by atoms with E-state index in [1.165, 1.54) is 6.07 Å². The van der Waals surface area contributed by atoms with Gasteiger partial charge in [-0.1, -0.05) is 6.07 Å². The van der Waals surface area contributed by atoms with Crippen LogP contribution in [0.4, 0.5) is 9.18 Å². The first-order valence-corrected chi connectivity index (χ1v) is 11.2. The highest BCUT2D eigenvalue weighted by atomic mass is 19.1. The van der Waals surface area contributed by atoms with E-state index in [4.69, 9.17) is 4.74 Å². The zero-order valence-corrected chi connectivity index (χ0v) is 17.9. The molecule has 7 heteroatoms. The second-order valence-corrected chi connectivity index (χ2v) is 8.89. The van der Waals surface area contributed by atoms with Crippen molar-refractivity contribution in [2.75, 3.05) is 19.7 Å². The number of nitrogens with zero attached hydrogens (tertiary/aromatic N) is 2. The summed E-state index contributed by atoms with van der Waals surface area (Å²) in [7, 11) is 0. The fourth-order valence-corrected chi connectivity index (χ4v) is 5.40. The summed E-state index contributed by atoms with van der Waals surface area (Å²) in [6.45, 7) is 5.78. The van der Waals surface area contributed by atoms with Crippen LogP contribution in [0, 0.1) is 12.7 Å². The molecule has 1 aromatic carbocycles. The van der Waals surface area contributed by atoms with Gasteiger partial charge in [-0.3, -0.25) is 9.69 Å². The van der Waals surface area contributed by atoms with Gasteiger partial charge in [-0.2, -0.15) is 0 Å². The molecule has 3 saturated heterocycles. The molecule has 4 rings (SSSR count). The molecule has 0 aromatic heterocycles. The van der Waals surface area contributed by atoms with Gasteiger partial charge in [-0.15, -0.1) is 0 Å². The smallest absolute Gasteiger partial charge is 0.410 e. The van der Waals surface area contributed by atoms with Crippen molar-refractivity contribution in [2.24, 2.45) is 0 Å². The largest absolute Gasteiger partial charge is 0.450 e. The maximum absolute atomic E-state index is 13.8. The fraction of sp³-hybridized carbons (Fsp3) is 0.652. The molecule has 3 aliphatic heterocycles. The number of hydrogen-bond donors (Lipinski definition) is 1. The molecule has 0 aliphatic carbocycles. The number of hydrogen-bond acceptors (Lipinski definition) is 4. The summed E-state index contributed by atoms with van der Waals surface area (Å²) < 4.78 is 19.1. The molecule has 2 unspecified atom stereocenters. The third-order valence-electron chi connectivity index (χ3n) is 6.93. The Morgan fingerprint density at radius 2 is 1.90 bits per heavy atom. The first-order chi connectivity index (χ1) is 14.5. The topological polar surface area (TPSA) is 61.9 Å². The van der Waals surface area contributed by atoms with Crippen LogP contribution in [0.3, 0.4) is 0 Å². The van der Waals surface area contributed by atoms with Gasteiger partial charge in [0.25, 0.3) is 5.91 Å². The van der Waals surface area contributed by atoms with Crippen LogP contribution in [0.2, 0.25) is 0 Å². The van der Waals surface area contributed by atoms with Crippen LogP contribution >= 0.6 is 0 Å². The average Bonchev–Trinajstić information content (AvgIpc) is 3.00. The molecule has 0 radical (unpaired) electrons. The number of carbonyl (C=O) groups excluding carboxylic acids is 2. The standard InChI is InChI=1S/C23H32FN3O3/c1-3-30-23(29)27-18-8-9-19(27)13-20(12-18)26-10-4-5-17(14-26)25-22(28)16-7-6-15(2)21(24)11-16/h6-7,11,17-20H,3-5,8-10,12-14H2,1-2H3,(H,25,28)/t17-,18?,19?,20?/m1/s1. The first kappa shape index (κ1) is 21.1. The minimum Gasteiger partial charge on any atom is -0.450 e. The van der Waals surface area contributed by atoms with Crippen LogP contribution in [0.25, 0.3) is 0 Å². The Balaban J connectivity index is 1.35. The Bertz CT molecular complexity index is 788. The molecule has 1 aromatic rings. The Kier molecular flexibility index (Phi) is 6.27. The molecular weight excluding hydrogens is 385 g/mol. The van der Waals surface area contributed by atoms with E-state index in [2.05, 4.69) is 10.2 Å². The summed E-state index contributed by atoms with van der Waals surface area (Å²) in [6, 6.07) is 5.66. The van der Waals surface area contributed by atoms with Gasteiger partial charge < -0.3 is 15.0 Å². The Hall–Kier alpha value is -2.15. The van der Waals surface area contributed by atoms with Crippen LogP contribution in [-0.4, -0.2) is 65.7 Å². The number of nitrogens with one attached hydrogen (secondary N) is 1. The van der Waals surface area contributed by atoms with E-state index in [9.17, 15) is 14.0 Å². The molecule has 1 N–H and O–H groups in total. The fourth-order valence-electron chi connectivity index (χ4n) is 5.40. The molecule has 164 valence electrons. The second-order valence-electron chi connectivity index (χ2n) is 8.89. The summed E-state index contributed by atoms with van der Waals surface area (Å²) in [5.41, 5.74) is 0.912. The van der Waals surface area contributed by atoms with Crippen molar-refractivity contribution >= 4 is 12.0 Å². The van der Waals surface area contributed by atoms with Crippen LogP contribution < -0.4 is 5.32 Å². The average molecular weight is 418 g/mol. The molecule has 0 saturated carbocycles. The molecule has 6 nitrogen and oxygen atoms in total. The van der Waals surface area contributed by atoms with Crippen molar-refractivity contribution in [3.05, 3.63) is 35.1 Å². The lowest BCUT2D eigenvalue weighted by molar-refractivity contribution is 0.0309. The quantitative estimate of drug-likeness (QED) is 0.815. The van der Waals surface area contributed by atoms with Crippen molar-refractivity contribution in [3.63, 3.8) is 0 Å². The lowest BCUT2D eigenvalue weighted by Gasteiger charge is -2.45. The zero-order valence-electron chi connectivity index (χ0n) is 17.9. The molecule has 2 bridgehead atoms. The predicted molar refractivity (Wildman–Crippen MR) is 112 cm³/mol. The molecule has 3 heterocycles. The maximum atomic E-state index is 13.8. The minimum atomic E-state index is -0.350. The molecule has 30 heavy (non-hydrogen) atoms. The monoisotopic (exact) mass is 417 g/mol. The number of halogens is 1. The number of fused-ring (bicyclic) bond motifs is 2. The van der Waals surface area contributed by atoms with Gasteiger partial charge in [-0.25, -0.2) is 9.18 Å². The van der Waals surface area contributed by atoms with E-state index in [1.807, 2.05) is 11.8 Å². The van der Waals surface area contributed by atoms with Crippen molar-refractivity contribution in [2.45, 2.75) is 76.5 Å². The highest BCUT2D eigenvalue weighted by Crippen LogP contribution is 2.38. The normalized spacial score (nSPS) is 29.0. The summed E-state index contributed by atoms with van der Waals surface area (Å²) >= 11 is 0. The van der Waals surface area contributed by atoms with Crippen molar-refractivity contribution < 1.29 is 18.7 Å².